The van der Waals surface area contributed by atoms with E-state index in [1.165, 1.54) is 18.2 Å². The molecule has 5 aliphatic rings. The molecule has 0 radical (unpaired) electrons. The van der Waals surface area contributed by atoms with Crippen molar-refractivity contribution < 1.29 is 40.6 Å². The summed E-state index contributed by atoms with van der Waals surface area (Å²) in [5, 5.41) is 14.3. The van der Waals surface area contributed by atoms with E-state index in [-0.39, 0.29) is 81.6 Å². The van der Waals surface area contributed by atoms with E-state index < -0.39 is 46.0 Å². The van der Waals surface area contributed by atoms with Gasteiger partial charge in [-0.15, -0.1) is 0 Å². The highest BCUT2D eigenvalue weighted by atomic mass is 19.4. The van der Waals surface area contributed by atoms with Crippen LogP contribution in [0.5, 0.6) is 11.8 Å². The molecule has 2 saturated carbocycles. The van der Waals surface area contributed by atoms with Crippen molar-refractivity contribution >= 4 is 27.5 Å². The Morgan fingerprint density at radius 3 is 2.38 bits per heavy atom. The van der Waals surface area contributed by atoms with E-state index in [1.54, 1.807) is 6.92 Å². The topological polar surface area (TPSA) is 73.8 Å². The molecular weight excluding hydrogens is 691 g/mol. The minimum absolute atomic E-state index is 0.0665. The van der Waals surface area contributed by atoms with Gasteiger partial charge in [-0.3, -0.25) is 0 Å². The standard InChI is InChI=1S/C38H38F7N5O2/c1-2-24-28(39)6-3-20-11-23(51)12-25(29(20)24)30-27(38(43,44)45)13-26-32(31(30)40)47-34(48-33(26)50-14-21-4-5-22(15-50)46-21)52-19-35(7-8-35)17-49-10-9-36(18-49)16-37(36,41)42/h3,6,11-13,21-22,46,51H,2,4-5,7-10,14-19H2,1H3. The fourth-order valence-electron chi connectivity index (χ4n) is 9.13. The number of phenolic OH excluding ortho intramolecular Hbond substituents is 1. The molecule has 4 heterocycles. The largest absolute Gasteiger partial charge is 0.508 e. The SMILES string of the molecule is CCc1c(F)ccc2cc(O)cc(-c3c(C(F)(F)F)cc4c(N5CC6CCC(C5)N6)nc(OCC5(CN6CCC7(C6)CC7(F)F)CC5)nc4c3F)c12. The van der Waals surface area contributed by atoms with E-state index in [0.29, 0.717) is 39.1 Å². The number of halogens is 7. The summed E-state index contributed by atoms with van der Waals surface area (Å²) in [6.07, 6.45) is -1.23. The molecule has 3 unspecified atom stereocenters. The lowest BCUT2D eigenvalue weighted by Crippen LogP contribution is -2.51. The molecule has 4 aromatic rings. The maximum atomic E-state index is 17.2. The number of hydrogen-bond donors (Lipinski definition) is 2. The first-order valence-corrected chi connectivity index (χ1v) is 18.0. The Bertz CT molecular complexity index is 2110. The van der Waals surface area contributed by atoms with Gasteiger partial charge in [-0.05, 0) is 91.2 Å². The van der Waals surface area contributed by atoms with Crippen LogP contribution in [0, 0.1) is 22.5 Å². The summed E-state index contributed by atoms with van der Waals surface area (Å²) in [7, 11) is 0. The smallest absolute Gasteiger partial charge is 0.417 e. The van der Waals surface area contributed by atoms with Gasteiger partial charge in [0.25, 0.3) is 5.92 Å². The summed E-state index contributed by atoms with van der Waals surface area (Å²) in [5.41, 5.74) is -4.01. The minimum atomic E-state index is -5.05. The first-order chi connectivity index (χ1) is 24.7. The molecule has 3 saturated heterocycles. The van der Waals surface area contributed by atoms with Crippen molar-refractivity contribution in [2.24, 2.45) is 10.8 Å². The van der Waals surface area contributed by atoms with Crippen LogP contribution in [0.25, 0.3) is 32.8 Å². The quantitative estimate of drug-likeness (QED) is 0.179. The van der Waals surface area contributed by atoms with E-state index in [1.807, 2.05) is 4.90 Å². The van der Waals surface area contributed by atoms with Crippen molar-refractivity contribution in [2.45, 2.75) is 76.1 Å². The molecule has 14 heteroatoms. The second-order valence-electron chi connectivity index (χ2n) is 15.8. The van der Waals surface area contributed by atoms with Gasteiger partial charge in [0, 0.05) is 61.0 Å². The first kappa shape index (κ1) is 33.9. The third-order valence-corrected chi connectivity index (χ3v) is 12.2. The molecular formula is C38H38F7N5O2. The van der Waals surface area contributed by atoms with Crippen LogP contribution in [0.2, 0.25) is 0 Å². The number of alkyl halides is 5. The van der Waals surface area contributed by atoms with Crippen LogP contribution in [0.4, 0.5) is 36.6 Å². The molecule has 1 spiro atoms. The molecule has 7 nitrogen and oxygen atoms in total. The molecule has 276 valence electrons. The number of aromatic nitrogens is 2. The van der Waals surface area contributed by atoms with Gasteiger partial charge < -0.3 is 25.0 Å². The molecule has 9 rings (SSSR count). The number of hydrogen-bond acceptors (Lipinski definition) is 7. The van der Waals surface area contributed by atoms with Crippen molar-refractivity contribution in [2.75, 3.05) is 44.2 Å². The number of likely N-dealkylation sites (tertiary alicyclic amines) is 1. The fraction of sp³-hybridized carbons (Fsp3) is 0.526. The summed E-state index contributed by atoms with van der Waals surface area (Å²) in [6.45, 7) is 4.11. The first-order valence-electron chi connectivity index (χ1n) is 18.0. The van der Waals surface area contributed by atoms with Crippen LogP contribution < -0.4 is 15.0 Å². The Hall–Kier alpha value is -3.91. The second kappa shape index (κ2) is 11.5. The van der Waals surface area contributed by atoms with Crippen LogP contribution in [-0.4, -0.2) is 77.3 Å². The van der Waals surface area contributed by atoms with Gasteiger partial charge in [-0.1, -0.05) is 13.0 Å². The molecule has 3 aliphatic heterocycles. The van der Waals surface area contributed by atoms with E-state index in [9.17, 15) is 13.9 Å². The highest BCUT2D eigenvalue weighted by molar-refractivity contribution is 6.04. The van der Waals surface area contributed by atoms with E-state index >= 15 is 22.0 Å². The maximum Gasteiger partial charge on any atom is 0.417 e. The van der Waals surface area contributed by atoms with E-state index in [0.717, 1.165) is 37.8 Å². The van der Waals surface area contributed by atoms with Crippen molar-refractivity contribution in [3.63, 3.8) is 0 Å². The number of rotatable bonds is 8. The van der Waals surface area contributed by atoms with Gasteiger partial charge in [0.05, 0.1) is 17.6 Å². The van der Waals surface area contributed by atoms with E-state index in [4.69, 9.17) is 4.74 Å². The zero-order chi connectivity index (χ0) is 36.4. The highest BCUT2D eigenvalue weighted by Gasteiger charge is 2.72. The van der Waals surface area contributed by atoms with Gasteiger partial charge in [-0.25, -0.2) is 17.6 Å². The Balaban J connectivity index is 1.16. The maximum absolute atomic E-state index is 17.2. The van der Waals surface area contributed by atoms with Crippen LogP contribution in [0.1, 0.15) is 56.6 Å². The van der Waals surface area contributed by atoms with Gasteiger partial charge in [0.1, 0.15) is 22.9 Å². The average molecular weight is 730 g/mol. The minimum Gasteiger partial charge on any atom is -0.508 e. The number of phenols is 1. The molecule has 3 aromatic carbocycles. The van der Waals surface area contributed by atoms with Gasteiger partial charge in [0.15, 0.2) is 5.82 Å². The number of ether oxygens (including phenoxy) is 1. The second-order valence-corrected chi connectivity index (χ2v) is 15.8. The van der Waals surface area contributed by atoms with Gasteiger partial charge >= 0.3 is 12.2 Å². The zero-order valence-corrected chi connectivity index (χ0v) is 28.5. The lowest BCUT2D eigenvalue weighted by atomic mass is 9.89. The van der Waals surface area contributed by atoms with Crippen LogP contribution in [0.15, 0.2) is 30.3 Å². The summed E-state index contributed by atoms with van der Waals surface area (Å²) in [6, 6.07) is 5.68. The number of nitrogens with zero attached hydrogens (tertiary/aromatic N) is 4. The summed E-state index contributed by atoms with van der Waals surface area (Å²) < 4.78 is 112. The summed E-state index contributed by atoms with van der Waals surface area (Å²) >= 11 is 0. The number of anilines is 1. The molecule has 52 heavy (non-hydrogen) atoms. The molecule has 5 fully saturated rings. The molecule has 1 aromatic heterocycles. The lowest BCUT2D eigenvalue weighted by Gasteiger charge is -2.34. The van der Waals surface area contributed by atoms with Crippen LogP contribution >= 0.6 is 0 Å². The lowest BCUT2D eigenvalue weighted by molar-refractivity contribution is -0.137. The molecule has 2 aliphatic carbocycles. The molecule has 0 amide bonds. The third kappa shape index (κ3) is 5.54. The molecule has 3 atom stereocenters. The normalized spacial score (nSPS) is 26.2. The number of aryl methyl sites for hydroxylation is 1. The summed E-state index contributed by atoms with van der Waals surface area (Å²) in [5.74, 6) is -4.85. The molecule has 2 bridgehead atoms. The summed E-state index contributed by atoms with van der Waals surface area (Å²) in [4.78, 5) is 12.9. The number of nitrogens with one attached hydrogen (secondary N) is 1. The Labute approximate surface area is 295 Å². The fourth-order valence-corrected chi connectivity index (χ4v) is 9.13. The predicted octanol–water partition coefficient (Wildman–Crippen LogP) is 7.85. The Morgan fingerprint density at radius 2 is 1.75 bits per heavy atom. The number of benzene rings is 3. The monoisotopic (exact) mass is 729 g/mol. The van der Waals surface area contributed by atoms with E-state index in [2.05, 4.69) is 20.2 Å². The third-order valence-electron chi connectivity index (χ3n) is 12.2. The zero-order valence-electron chi connectivity index (χ0n) is 28.5. The van der Waals surface area contributed by atoms with Gasteiger partial charge in [0.2, 0.25) is 0 Å². The number of piperazine rings is 1. The van der Waals surface area contributed by atoms with Gasteiger partial charge in [-0.2, -0.15) is 23.1 Å². The number of fused-ring (bicyclic) bond motifs is 4. The van der Waals surface area contributed by atoms with Crippen molar-refractivity contribution in [1.82, 2.24) is 20.2 Å². The van der Waals surface area contributed by atoms with Crippen LogP contribution in [-0.2, 0) is 12.6 Å². The molecule has 2 N–H and O–H groups in total. The van der Waals surface area contributed by atoms with Crippen molar-refractivity contribution in [3.8, 4) is 22.9 Å². The Kier molecular flexibility index (Phi) is 7.52. The van der Waals surface area contributed by atoms with Crippen molar-refractivity contribution in [1.29, 1.82) is 0 Å². The predicted molar refractivity (Wildman–Crippen MR) is 181 cm³/mol. The van der Waals surface area contributed by atoms with Crippen molar-refractivity contribution in [3.05, 3.63) is 53.1 Å². The number of aromatic hydroxyl groups is 1. The highest BCUT2D eigenvalue weighted by Crippen LogP contribution is 2.65. The average Bonchev–Trinajstić information content (AvgIpc) is 3.85. The van der Waals surface area contributed by atoms with Crippen LogP contribution in [0.3, 0.4) is 0 Å². The Morgan fingerprint density at radius 1 is 1.02 bits per heavy atom.